The third-order valence-corrected chi connectivity index (χ3v) is 3.81. The number of hydrogen-bond donors (Lipinski definition) is 2. The van der Waals surface area contributed by atoms with Gasteiger partial charge in [-0.3, -0.25) is 4.79 Å². The Morgan fingerprint density at radius 3 is 2.67 bits per heavy atom. The monoisotopic (exact) mass is 254 g/mol. The van der Waals surface area contributed by atoms with E-state index in [1.165, 1.54) is 32.1 Å². The molecule has 1 rings (SSSR count). The zero-order valence-electron chi connectivity index (χ0n) is 12.5. The van der Waals surface area contributed by atoms with Gasteiger partial charge >= 0.3 is 0 Å². The first-order chi connectivity index (χ1) is 8.39. The standard InChI is InChI=1S/C15H30N2O/c1-12(2)17-14(18)8-11-16-13-6-5-9-15(3,4)10-7-13/h12-13,16H,5-11H2,1-4H3,(H,17,18). The minimum atomic E-state index is 0.159. The van der Waals surface area contributed by atoms with E-state index in [4.69, 9.17) is 0 Å². The van der Waals surface area contributed by atoms with Crippen LogP contribution in [0.2, 0.25) is 0 Å². The summed E-state index contributed by atoms with van der Waals surface area (Å²) in [5.41, 5.74) is 0.505. The third kappa shape index (κ3) is 6.39. The molecular formula is C15H30N2O. The van der Waals surface area contributed by atoms with Crippen LogP contribution in [0.15, 0.2) is 0 Å². The summed E-state index contributed by atoms with van der Waals surface area (Å²) in [5.74, 6) is 0.159. The van der Waals surface area contributed by atoms with Crippen LogP contribution < -0.4 is 10.6 Å². The van der Waals surface area contributed by atoms with Gasteiger partial charge in [0.15, 0.2) is 0 Å². The van der Waals surface area contributed by atoms with Crippen molar-refractivity contribution in [3.8, 4) is 0 Å². The summed E-state index contributed by atoms with van der Waals surface area (Å²) in [6, 6.07) is 0.856. The molecule has 1 aliphatic rings. The van der Waals surface area contributed by atoms with Crippen molar-refractivity contribution in [2.45, 2.75) is 78.3 Å². The SMILES string of the molecule is CC(C)NC(=O)CCNC1CCCC(C)(C)CC1. The van der Waals surface area contributed by atoms with Crippen LogP contribution in [0.5, 0.6) is 0 Å². The van der Waals surface area contributed by atoms with Gasteiger partial charge in [-0.1, -0.05) is 20.3 Å². The van der Waals surface area contributed by atoms with Gasteiger partial charge in [-0.25, -0.2) is 0 Å². The second kappa shape index (κ2) is 7.13. The van der Waals surface area contributed by atoms with Crippen molar-refractivity contribution in [2.24, 2.45) is 5.41 Å². The molecular weight excluding hydrogens is 224 g/mol. The molecule has 1 aliphatic carbocycles. The average Bonchev–Trinajstić information content (AvgIpc) is 2.39. The topological polar surface area (TPSA) is 41.1 Å². The van der Waals surface area contributed by atoms with Crippen molar-refractivity contribution < 1.29 is 4.79 Å². The zero-order chi connectivity index (χ0) is 13.6. The summed E-state index contributed by atoms with van der Waals surface area (Å²) in [4.78, 5) is 11.5. The van der Waals surface area contributed by atoms with E-state index < -0.39 is 0 Å². The van der Waals surface area contributed by atoms with Crippen molar-refractivity contribution in [2.75, 3.05) is 6.54 Å². The number of carbonyl (C=O) groups excluding carboxylic acids is 1. The lowest BCUT2D eigenvalue weighted by Crippen LogP contribution is -2.35. The molecule has 0 radical (unpaired) electrons. The summed E-state index contributed by atoms with van der Waals surface area (Å²) < 4.78 is 0. The lowest BCUT2D eigenvalue weighted by molar-refractivity contribution is -0.121. The van der Waals surface area contributed by atoms with E-state index in [2.05, 4.69) is 24.5 Å². The molecule has 2 N–H and O–H groups in total. The van der Waals surface area contributed by atoms with E-state index in [9.17, 15) is 4.79 Å². The number of rotatable bonds is 5. The molecule has 3 nitrogen and oxygen atoms in total. The molecule has 106 valence electrons. The Labute approximate surface area is 112 Å². The lowest BCUT2D eigenvalue weighted by atomic mass is 9.85. The summed E-state index contributed by atoms with van der Waals surface area (Å²) in [5, 5.41) is 6.47. The van der Waals surface area contributed by atoms with Crippen LogP contribution in [-0.2, 0) is 4.79 Å². The molecule has 1 fully saturated rings. The highest BCUT2D eigenvalue weighted by Gasteiger charge is 2.23. The molecule has 0 heterocycles. The Balaban J connectivity index is 2.18. The van der Waals surface area contributed by atoms with Gasteiger partial charge in [0, 0.05) is 25.0 Å². The Morgan fingerprint density at radius 2 is 2.00 bits per heavy atom. The highest BCUT2D eigenvalue weighted by Crippen LogP contribution is 2.33. The molecule has 0 spiro atoms. The molecule has 1 amide bonds. The third-order valence-electron chi connectivity index (χ3n) is 3.81. The second-order valence-corrected chi connectivity index (χ2v) is 6.72. The van der Waals surface area contributed by atoms with Crippen LogP contribution >= 0.6 is 0 Å². The average molecular weight is 254 g/mol. The highest BCUT2D eigenvalue weighted by molar-refractivity contribution is 5.76. The van der Waals surface area contributed by atoms with E-state index in [0.29, 0.717) is 17.9 Å². The Kier molecular flexibility index (Phi) is 6.13. The minimum absolute atomic E-state index is 0.159. The quantitative estimate of drug-likeness (QED) is 0.741. The van der Waals surface area contributed by atoms with E-state index >= 15 is 0 Å². The number of nitrogens with one attached hydrogen (secondary N) is 2. The van der Waals surface area contributed by atoms with E-state index in [1.807, 2.05) is 13.8 Å². The maximum atomic E-state index is 11.5. The van der Waals surface area contributed by atoms with Crippen molar-refractivity contribution in [3.63, 3.8) is 0 Å². The van der Waals surface area contributed by atoms with Gasteiger partial charge in [-0.05, 0) is 44.9 Å². The predicted molar refractivity (Wildman–Crippen MR) is 76.6 cm³/mol. The van der Waals surface area contributed by atoms with Gasteiger partial charge < -0.3 is 10.6 Å². The summed E-state index contributed by atoms with van der Waals surface area (Å²) in [6.07, 6.45) is 7.04. The fraction of sp³-hybridized carbons (Fsp3) is 0.933. The van der Waals surface area contributed by atoms with Gasteiger partial charge in [0.1, 0.15) is 0 Å². The molecule has 0 saturated heterocycles. The van der Waals surface area contributed by atoms with Crippen LogP contribution in [0, 0.1) is 5.41 Å². The lowest BCUT2D eigenvalue weighted by Gasteiger charge is -2.22. The van der Waals surface area contributed by atoms with Crippen LogP contribution in [0.3, 0.4) is 0 Å². The molecule has 1 unspecified atom stereocenters. The fourth-order valence-electron chi connectivity index (χ4n) is 2.65. The van der Waals surface area contributed by atoms with Crippen LogP contribution in [0.4, 0.5) is 0 Å². The van der Waals surface area contributed by atoms with Gasteiger partial charge in [0.05, 0.1) is 0 Å². The predicted octanol–water partition coefficient (Wildman–Crippen LogP) is 2.85. The smallest absolute Gasteiger partial charge is 0.221 e. The first-order valence-corrected chi connectivity index (χ1v) is 7.42. The molecule has 0 aromatic rings. The van der Waals surface area contributed by atoms with Gasteiger partial charge in [-0.15, -0.1) is 0 Å². The maximum Gasteiger partial charge on any atom is 0.221 e. The molecule has 0 aromatic carbocycles. The first-order valence-electron chi connectivity index (χ1n) is 7.42. The zero-order valence-corrected chi connectivity index (χ0v) is 12.5. The Morgan fingerprint density at radius 1 is 1.28 bits per heavy atom. The molecule has 0 bridgehead atoms. The van der Waals surface area contributed by atoms with Crippen molar-refractivity contribution in [3.05, 3.63) is 0 Å². The van der Waals surface area contributed by atoms with Gasteiger partial charge in [0.25, 0.3) is 0 Å². The second-order valence-electron chi connectivity index (χ2n) is 6.72. The summed E-state index contributed by atoms with van der Waals surface area (Å²) in [6.45, 7) is 9.54. The summed E-state index contributed by atoms with van der Waals surface area (Å²) in [7, 11) is 0. The number of hydrogen-bond acceptors (Lipinski definition) is 2. The van der Waals surface area contributed by atoms with E-state index in [-0.39, 0.29) is 11.9 Å². The fourth-order valence-corrected chi connectivity index (χ4v) is 2.65. The summed E-state index contributed by atoms with van der Waals surface area (Å²) >= 11 is 0. The Hall–Kier alpha value is -0.570. The molecule has 1 atom stereocenters. The van der Waals surface area contributed by atoms with Gasteiger partial charge in [-0.2, -0.15) is 0 Å². The molecule has 18 heavy (non-hydrogen) atoms. The normalized spacial score (nSPS) is 23.7. The minimum Gasteiger partial charge on any atom is -0.354 e. The molecule has 1 saturated carbocycles. The molecule has 0 aliphatic heterocycles. The number of amides is 1. The Bertz CT molecular complexity index is 261. The number of carbonyl (C=O) groups is 1. The van der Waals surface area contributed by atoms with Crippen LogP contribution in [0.25, 0.3) is 0 Å². The first kappa shape index (κ1) is 15.5. The largest absolute Gasteiger partial charge is 0.354 e. The maximum absolute atomic E-state index is 11.5. The van der Waals surface area contributed by atoms with E-state index in [1.54, 1.807) is 0 Å². The van der Waals surface area contributed by atoms with Crippen molar-refractivity contribution in [1.29, 1.82) is 0 Å². The van der Waals surface area contributed by atoms with Crippen molar-refractivity contribution >= 4 is 5.91 Å². The van der Waals surface area contributed by atoms with Crippen LogP contribution in [-0.4, -0.2) is 24.5 Å². The van der Waals surface area contributed by atoms with Crippen LogP contribution in [0.1, 0.15) is 66.2 Å². The van der Waals surface area contributed by atoms with E-state index in [0.717, 1.165) is 6.54 Å². The molecule has 0 aromatic heterocycles. The van der Waals surface area contributed by atoms with Gasteiger partial charge in [0.2, 0.25) is 5.91 Å². The van der Waals surface area contributed by atoms with Crippen molar-refractivity contribution in [1.82, 2.24) is 10.6 Å². The highest BCUT2D eigenvalue weighted by atomic mass is 16.1. The molecule has 3 heteroatoms.